The van der Waals surface area contributed by atoms with Crippen LogP contribution in [0.25, 0.3) is 0 Å². The molecule has 0 saturated heterocycles. The highest BCUT2D eigenvalue weighted by molar-refractivity contribution is 5.92. The Bertz CT molecular complexity index is 659. The summed E-state index contributed by atoms with van der Waals surface area (Å²) in [7, 11) is 0. The average molecular weight is 298 g/mol. The SMILES string of the molecule is CCc1oc(C(=O)N(C2CC2)C(C)c2cccnc2)cc1C. The molecule has 0 radical (unpaired) electrons. The van der Waals surface area contributed by atoms with Gasteiger partial charge < -0.3 is 9.32 Å². The van der Waals surface area contributed by atoms with E-state index in [1.807, 2.05) is 43.1 Å². The number of amides is 1. The largest absolute Gasteiger partial charge is 0.456 e. The molecule has 4 nitrogen and oxygen atoms in total. The lowest BCUT2D eigenvalue weighted by Gasteiger charge is -2.28. The summed E-state index contributed by atoms with van der Waals surface area (Å²) >= 11 is 0. The molecule has 0 bridgehead atoms. The fourth-order valence-electron chi connectivity index (χ4n) is 2.90. The number of nitrogens with zero attached hydrogens (tertiary/aromatic N) is 2. The summed E-state index contributed by atoms with van der Waals surface area (Å²) in [5.74, 6) is 1.34. The second-order valence-corrected chi connectivity index (χ2v) is 5.98. The van der Waals surface area contributed by atoms with Gasteiger partial charge in [-0.05, 0) is 49.9 Å². The predicted molar refractivity (Wildman–Crippen MR) is 84.7 cm³/mol. The molecule has 2 aromatic rings. The van der Waals surface area contributed by atoms with Gasteiger partial charge in [0.25, 0.3) is 5.91 Å². The molecule has 0 N–H and O–H groups in total. The number of carbonyl (C=O) groups excluding carboxylic acids is 1. The van der Waals surface area contributed by atoms with Gasteiger partial charge in [0.2, 0.25) is 0 Å². The highest BCUT2D eigenvalue weighted by Gasteiger charge is 2.38. The van der Waals surface area contributed by atoms with Crippen molar-refractivity contribution in [2.45, 2.75) is 52.1 Å². The summed E-state index contributed by atoms with van der Waals surface area (Å²) in [6, 6.07) is 6.12. The van der Waals surface area contributed by atoms with Crippen LogP contribution in [0.4, 0.5) is 0 Å². The van der Waals surface area contributed by atoms with Gasteiger partial charge in [0.05, 0.1) is 6.04 Å². The normalized spacial score (nSPS) is 15.6. The zero-order valence-corrected chi connectivity index (χ0v) is 13.4. The van der Waals surface area contributed by atoms with Gasteiger partial charge in [-0.15, -0.1) is 0 Å². The fourth-order valence-corrected chi connectivity index (χ4v) is 2.90. The molecular formula is C18H22N2O2. The average Bonchev–Trinajstić information content (AvgIpc) is 3.29. The molecule has 4 heteroatoms. The van der Waals surface area contributed by atoms with Crippen molar-refractivity contribution in [2.24, 2.45) is 0 Å². The van der Waals surface area contributed by atoms with E-state index < -0.39 is 0 Å². The zero-order chi connectivity index (χ0) is 15.7. The van der Waals surface area contributed by atoms with Gasteiger partial charge >= 0.3 is 0 Å². The van der Waals surface area contributed by atoms with E-state index in [1.54, 1.807) is 6.20 Å². The van der Waals surface area contributed by atoms with Crippen molar-refractivity contribution in [2.75, 3.05) is 0 Å². The Morgan fingerprint density at radius 2 is 2.27 bits per heavy atom. The summed E-state index contributed by atoms with van der Waals surface area (Å²) in [5, 5.41) is 0. The van der Waals surface area contributed by atoms with Crippen LogP contribution < -0.4 is 0 Å². The first-order valence-electron chi connectivity index (χ1n) is 7.93. The minimum Gasteiger partial charge on any atom is -0.456 e. The summed E-state index contributed by atoms with van der Waals surface area (Å²) in [4.78, 5) is 19.1. The van der Waals surface area contributed by atoms with Crippen molar-refractivity contribution in [3.63, 3.8) is 0 Å². The molecule has 1 unspecified atom stereocenters. The van der Waals surface area contributed by atoms with Crippen LogP contribution in [0.2, 0.25) is 0 Å². The maximum atomic E-state index is 12.9. The first-order valence-corrected chi connectivity index (χ1v) is 7.93. The van der Waals surface area contributed by atoms with Gasteiger partial charge in [-0.1, -0.05) is 13.0 Å². The van der Waals surface area contributed by atoms with Crippen molar-refractivity contribution in [1.29, 1.82) is 0 Å². The molecule has 22 heavy (non-hydrogen) atoms. The fraction of sp³-hybridized carbons (Fsp3) is 0.444. The molecule has 3 rings (SSSR count). The number of pyridine rings is 1. The number of aromatic nitrogens is 1. The summed E-state index contributed by atoms with van der Waals surface area (Å²) < 4.78 is 5.76. The number of furan rings is 1. The minimum absolute atomic E-state index is 0.00387. The van der Waals surface area contributed by atoms with Crippen LogP contribution in [0, 0.1) is 6.92 Å². The van der Waals surface area contributed by atoms with E-state index in [-0.39, 0.29) is 11.9 Å². The lowest BCUT2D eigenvalue weighted by molar-refractivity contribution is 0.0639. The first kappa shape index (κ1) is 14.8. The molecule has 0 aliphatic heterocycles. The molecule has 1 fully saturated rings. The summed E-state index contributed by atoms with van der Waals surface area (Å²) in [6.45, 7) is 6.09. The Morgan fingerprint density at radius 3 is 2.82 bits per heavy atom. The third kappa shape index (κ3) is 2.78. The molecule has 0 spiro atoms. The molecule has 116 valence electrons. The Labute approximate surface area is 131 Å². The Hall–Kier alpha value is -2.10. The molecule has 1 aliphatic rings. The van der Waals surface area contributed by atoms with Crippen LogP contribution in [0.1, 0.15) is 60.2 Å². The lowest BCUT2D eigenvalue weighted by atomic mass is 10.1. The van der Waals surface area contributed by atoms with Crippen LogP contribution in [0.3, 0.4) is 0 Å². The van der Waals surface area contributed by atoms with E-state index in [2.05, 4.69) is 11.9 Å². The van der Waals surface area contributed by atoms with Gasteiger partial charge in [-0.3, -0.25) is 9.78 Å². The highest BCUT2D eigenvalue weighted by atomic mass is 16.4. The summed E-state index contributed by atoms with van der Waals surface area (Å²) in [5.41, 5.74) is 2.11. The van der Waals surface area contributed by atoms with E-state index in [0.717, 1.165) is 36.1 Å². The van der Waals surface area contributed by atoms with Gasteiger partial charge in [-0.25, -0.2) is 0 Å². The standard InChI is InChI=1S/C18H22N2O2/c1-4-16-12(2)10-17(22-16)18(21)20(15-7-8-15)13(3)14-6-5-9-19-11-14/h5-6,9-11,13,15H,4,7-8H2,1-3H3. The molecule has 0 aromatic carbocycles. The van der Waals surface area contributed by atoms with Gasteiger partial charge in [-0.2, -0.15) is 0 Å². The van der Waals surface area contributed by atoms with Crippen molar-refractivity contribution in [3.05, 3.63) is 53.2 Å². The number of hydrogen-bond acceptors (Lipinski definition) is 3. The Morgan fingerprint density at radius 1 is 1.50 bits per heavy atom. The lowest BCUT2D eigenvalue weighted by Crippen LogP contribution is -2.35. The predicted octanol–water partition coefficient (Wildman–Crippen LogP) is 3.91. The maximum absolute atomic E-state index is 12.9. The number of rotatable bonds is 5. The van der Waals surface area contributed by atoms with Crippen molar-refractivity contribution < 1.29 is 9.21 Å². The van der Waals surface area contributed by atoms with Gasteiger partial charge in [0, 0.05) is 24.9 Å². The van der Waals surface area contributed by atoms with E-state index in [9.17, 15) is 4.79 Å². The van der Waals surface area contributed by atoms with Gasteiger partial charge in [0.1, 0.15) is 5.76 Å². The summed E-state index contributed by atoms with van der Waals surface area (Å²) in [6.07, 6.45) is 6.52. The van der Waals surface area contributed by atoms with Crippen molar-refractivity contribution >= 4 is 5.91 Å². The first-order chi connectivity index (χ1) is 10.6. The molecule has 1 atom stereocenters. The zero-order valence-electron chi connectivity index (χ0n) is 13.4. The third-order valence-corrected chi connectivity index (χ3v) is 4.31. The van der Waals surface area contributed by atoms with E-state index in [1.165, 1.54) is 0 Å². The van der Waals surface area contributed by atoms with Crippen LogP contribution in [-0.2, 0) is 6.42 Å². The van der Waals surface area contributed by atoms with Crippen LogP contribution in [0.5, 0.6) is 0 Å². The highest BCUT2D eigenvalue weighted by Crippen LogP contribution is 2.35. The topological polar surface area (TPSA) is 46.3 Å². The molecular weight excluding hydrogens is 276 g/mol. The maximum Gasteiger partial charge on any atom is 0.290 e. The number of carbonyl (C=O) groups is 1. The quantitative estimate of drug-likeness (QED) is 0.840. The van der Waals surface area contributed by atoms with Crippen molar-refractivity contribution in [3.8, 4) is 0 Å². The second-order valence-electron chi connectivity index (χ2n) is 5.98. The second kappa shape index (κ2) is 5.95. The number of aryl methyl sites for hydroxylation is 2. The molecule has 1 saturated carbocycles. The van der Waals surface area contributed by atoms with Gasteiger partial charge in [0.15, 0.2) is 5.76 Å². The Balaban J connectivity index is 1.89. The smallest absolute Gasteiger partial charge is 0.290 e. The van der Waals surface area contributed by atoms with E-state index in [4.69, 9.17) is 4.42 Å². The number of hydrogen-bond donors (Lipinski definition) is 0. The molecule has 2 heterocycles. The minimum atomic E-state index is -0.0124. The van der Waals surface area contributed by atoms with E-state index >= 15 is 0 Å². The van der Waals surface area contributed by atoms with Crippen LogP contribution in [-0.4, -0.2) is 21.8 Å². The Kier molecular flexibility index (Phi) is 4.01. The molecule has 1 amide bonds. The molecule has 2 aromatic heterocycles. The molecule has 1 aliphatic carbocycles. The third-order valence-electron chi connectivity index (χ3n) is 4.31. The van der Waals surface area contributed by atoms with E-state index in [0.29, 0.717) is 11.8 Å². The van der Waals surface area contributed by atoms with Crippen molar-refractivity contribution in [1.82, 2.24) is 9.88 Å². The van der Waals surface area contributed by atoms with Crippen LogP contribution in [0.15, 0.2) is 35.0 Å². The monoisotopic (exact) mass is 298 g/mol. The van der Waals surface area contributed by atoms with Crippen LogP contribution >= 0.6 is 0 Å².